The molecule has 2 amide bonds. The molecule has 0 saturated carbocycles. The number of benzene rings is 2. The van der Waals surface area contributed by atoms with E-state index < -0.39 is 0 Å². The van der Waals surface area contributed by atoms with E-state index in [4.69, 9.17) is 4.74 Å². The van der Waals surface area contributed by atoms with Gasteiger partial charge >= 0.3 is 0 Å². The number of hydrogen-bond donors (Lipinski definition) is 1. The summed E-state index contributed by atoms with van der Waals surface area (Å²) in [6.07, 6.45) is 6.10. The Bertz CT molecular complexity index is 1290. The number of imidazole rings is 1. The molecule has 0 unspecified atom stereocenters. The normalized spacial score (nSPS) is 19.6. The number of carbonyl (C=O) groups excluding carboxylic acids is 2. The van der Waals surface area contributed by atoms with E-state index in [1.54, 1.807) is 23.4 Å². The summed E-state index contributed by atoms with van der Waals surface area (Å²) in [5.41, 5.74) is 5.65. The summed E-state index contributed by atoms with van der Waals surface area (Å²) >= 11 is 0. The first-order valence-electron chi connectivity index (χ1n) is 12.7. The van der Waals surface area contributed by atoms with Gasteiger partial charge in [0.05, 0.1) is 25.2 Å². The van der Waals surface area contributed by atoms with Crippen LogP contribution in [0.25, 0.3) is 0 Å². The first-order valence-corrected chi connectivity index (χ1v) is 12.7. The highest BCUT2D eigenvalue weighted by molar-refractivity contribution is 5.95. The zero-order valence-corrected chi connectivity index (χ0v) is 20.1. The molecule has 3 heterocycles. The summed E-state index contributed by atoms with van der Waals surface area (Å²) in [7, 11) is 0. The number of carbonyl (C=O) groups is 2. The molecule has 0 radical (unpaired) electrons. The highest BCUT2D eigenvalue weighted by Gasteiger charge is 2.32. The Morgan fingerprint density at radius 3 is 2.61 bits per heavy atom. The molecule has 36 heavy (non-hydrogen) atoms. The molecule has 7 nitrogen and oxygen atoms in total. The molecule has 3 aliphatic rings. The summed E-state index contributed by atoms with van der Waals surface area (Å²) in [6, 6.07) is 12.5. The Morgan fingerprint density at radius 2 is 1.81 bits per heavy atom. The lowest BCUT2D eigenvalue weighted by Crippen LogP contribution is -2.42. The lowest BCUT2D eigenvalue weighted by molar-refractivity contribution is -0.121. The van der Waals surface area contributed by atoms with Crippen LogP contribution in [0.2, 0.25) is 0 Å². The Morgan fingerprint density at radius 1 is 1.03 bits per heavy atom. The first-order chi connectivity index (χ1) is 17.5. The number of aryl methyl sites for hydroxylation is 2. The van der Waals surface area contributed by atoms with Crippen LogP contribution in [0.1, 0.15) is 58.2 Å². The minimum absolute atomic E-state index is 0.0275. The molecule has 2 aromatic carbocycles. The van der Waals surface area contributed by atoms with E-state index in [1.165, 1.54) is 29.7 Å². The molecule has 1 saturated heterocycles. The number of nitrogens with zero attached hydrogens (tertiary/aromatic N) is 3. The van der Waals surface area contributed by atoms with Crippen molar-refractivity contribution >= 4 is 17.5 Å². The maximum absolute atomic E-state index is 13.3. The standard InChI is InChI=1S/C28H29FN4O3/c29-22-7-4-19(5-8-22)25-15-33-17-30-26(24(33)16-36-25)28(35)32-12-10-20(11-13-32)27(34)31-23-9-6-18-2-1-3-21(18)14-23/h4-9,14,17,20,25H,1-3,10-13,15-16H2,(H,31,34)/t25-/m1/s1. The predicted octanol–water partition coefficient (Wildman–Crippen LogP) is 4.27. The summed E-state index contributed by atoms with van der Waals surface area (Å²) in [4.78, 5) is 32.3. The van der Waals surface area contributed by atoms with Gasteiger partial charge in [0.15, 0.2) is 5.69 Å². The van der Waals surface area contributed by atoms with Gasteiger partial charge in [-0.3, -0.25) is 9.59 Å². The van der Waals surface area contributed by atoms with Crippen LogP contribution in [0.3, 0.4) is 0 Å². The van der Waals surface area contributed by atoms with E-state index in [0.717, 1.165) is 29.8 Å². The highest BCUT2D eigenvalue weighted by atomic mass is 19.1. The number of aromatic nitrogens is 2. The largest absolute Gasteiger partial charge is 0.365 e. The summed E-state index contributed by atoms with van der Waals surface area (Å²) < 4.78 is 21.2. The fourth-order valence-electron chi connectivity index (χ4n) is 5.57. The molecule has 8 heteroatoms. The predicted molar refractivity (Wildman–Crippen MR) is 132 cm³/mol. The zero-order valence-electron chi connectivity index (χ0n) is 20.1. The van der Waals surface area contributed by atoms with E-state index in [1.807, 2.05) is 10.6 Å². The van der Waals surface area contributed by atoms with Crippen LogP contribution in [0.15, 0.2) is 48.8 Å². The van der Waals surface area contributed by atoms with Gasteiger partial charge in [-0.15, -0.1) is 0 Å². The van der Waals surface area contributed by atoms with Crippen molar-refractivity contribution in [3.8, 4) is 0 Å². The number of amides is 2. The van der Waals surface area contributed by atoms with Crippen LogP contribution >= 0.6 is 0 Å². The van der Waals surface area contributed by atoms with E-state index in [2.05, 4.69) is 22.4 Å². The number of halogens is 1. The van der Waals surface area contributed by atoms with Crippen LogP contribution in [0.5, 0.6) is 0 Å². The van der Waals surface area contributed by atoms with Crippen molar-refractivity contribution in [1.82, 2.24) is 14.5 Å². The molecule has 6 rings (SSSR count). The van der Waals surface area contributed by atoms with Crippen molar-refractivity contribution in [3.63, 3.8) is 0 Å². The van der Waals surface area contributed by atoms with Crippen LogP contribution in [-0.4, -0.2) is 39.4 Å². The van der Waals surface area contributed by atoms with E-state index in [0.29, 0.717) is 38.2 Å². The number of nitrogens with one attached hydrogen (secondary N) is 1. The Kier molecular flexibility index (Phi) is 6.05. The first kappa shape index (κ1) is 22.9. The van der Waals surface area contributed by atoms with E-state index in [9.17, 15) is 14.0 Å². The zero-order chi connectivity index (χ0) is 24.6. The van der Waals surface area contributed by atoms with Crippen LogP contribution < -0.4 is 5.32 Å². The van der Waals surface area contributed by atoms with Crippen LogP contribution in [0, 0.1) is 11.7 Å². The second-order valence-corrected chi connectivity index (χ2v) is 9.94. The van der Waals surface area contributed by atoms with Gasteiger partial charge in [-0.05, 0) is 73.1 Å². The van der Waals surface area contributed by atoms with Gasteiger partial charge in [-0.2, -0.15) is 0 Å². The van der Waals surface area contributed by atoms with Gasteiger partial charge in [0.25, 0.3) is 5.91 Å². The van der Waals surface area contributed by atoms with Gasteiger partial charge in [0, 0.05) is 24.7 Å². The number of ether oxygens (including phenoxy) is 1. The minimum Gasteiger partial charge on any atom is -0.365 e. The van der Waals surface area contributed by atoms with Crippen molar-refractivity contribution in [2.45, 2.75) is 51.4 Å². The van der Waals surface area contributed by atoms with Crippen molar-refractivity contribution in [3.05, 3.63) is 82.7 Å². The Balaban J connectivity index is 1.05. The molecule has 1 fully saturated rings. The number of hydrogen-bond acceptors (Lipinski definition) is 4. The Labute approximate surface area is 209 Å². The fourth-order valence-corrected chi connectivity index (χ4v) is 5.57. The smallest absolute Gasteiger partial charge is 0.274 e. The van der Waals surface area contributed by atoms with E-state index in [-0.39, 0.29) is 36.3 Å². The van der Waals surface area contributed by atoms with Gasteiger partial charge < -0.3 is 19.5 Å². The number of piperidine rings is 1. The molecular formula is C28H29FN4O3. The lowest BCUT2D eigenvalue weighted by atomic mass is 9.95. The molecule has 3 aromatic rings. The summed E-state index contributed by atoms with van der Waals surface area (Å²) in [6.45, 7) is 1.83. The molecule has 1 N–H and O–H groups in total. The maximum atomic E-state index is 13.3. The molecule has 186 valence electrons. The molecular weight excluding hydrogens is 459 g/mol. The average molecular weight is 489 g/mol. The maximum Gasteiger partial charge on any atom is 0.274 e. The van der Waals surface area contributed by atoms with Gasteiger partial charge in [0.2, 0.25) is 5.91 Å². The highest BCUT2D eigenvalue weighted by Crippen LogP contribution is 2.30. The van der Waals surface area contributed by atoms with Crippen LogP contribution in [0.4, 0.5) is 10.1 Å². The van der Waals surface area contributed by atoms with Gasteiger partial charge in [-0.1, -0.05) is 18.2 Å². The number of fused-ring (bicyclic) bond motifs is 2. The molecule has 2 aliphatic heterocycles. The molecule has 0 spiro atoms. The van der Waals surface area contributed by atoms with Gasteiger partial charge in [-0.25, -0.2) is 9.37 Å². The monoisotopic (exact) mass is 488 g/mol. The second kappa shape index (κ2) is 9.50. The topological polar surface area (TPSA) is 76.5 Å². The van der Waals surface area contributed by atoms with Crippen molar-refractivity contribution in [2.24, 2.45) is 5.92 Å². The number of likely N-dealkylation sites (tertiary alicyclic amines) is 1. The second-order valence-electron chi connectivity index (χ2n) is 9.94. The third kappa shape index (κ3) is 4.41. The van der Waals surface area contributed by atoms with Crippen molar-refractivity contribution < 1.29 is 18.7 Å². The third-order valence-corrected chi connectivity index (χ3v) is 7.69. The van der Waals surface area contributed by atoms with E-state index >= 15 is 0 Å². The third-order valence-electron chi connectivity index (χ3n) is 7.69. The molecule has 1 atom stereocenters. The van der Waals surface area contributed by atoms with Crippen molar-refractivity contribution in [1.29, 1.82) is 0 Å². The minimum atomic E-state index is -0.282. The number of rotatable bonds is 4. The number of anilines is 1. The molecule has 1 aromatic heterocycles. The average Bonchev–Trinajstić information content (AvgIpc) is 3.55. The quantitative estimate of drug-likeness (QED) is 0.595. The molecule has 1 aliphatic carbocycles. The lowest BCUT2D eigenvalue weighted by Gasteiger charge is -2.31. The summed E-state index contributed by atoms with van der Waals surface area (Å²) in [5, 5.41) is 3.08. The van der Waals surface area contributed by atoms with Gasteiger partial charge in [0.1, 0.15) is 11.9 Å². The van der Waals surface area contributed by atoms with Crippen molar-refractivity contribution in [2.75, 3.05) is 18.4 Å². The summed E-state index contributed by atoms with van der Waals surface area (Å²) in [5.74, 6) is -0.488. The fraction of sp³-hybridized carbons (Fsp3) is 0.393. The Hall–Kier alpha value is -3.52. The molecule has 0 bridgehead atoms. The SMILES string of the molecule is O=C(Nc1ccc2c(c1)CCC2)C1CCN(C(=O)c2ncn3c2CO[C@@H](c2ccc(F)cc2)C3)CC1. The van der Waals surface area contributed by atoms with Crippen LogP contribution in [-0.2, 0) is 35.5 Å².